The van der Waals surface area contributed by atoms with Crippen molar-refractivity contribution < 1.29 is 18.0 Å². The normalized spacial score (nSPS) is 18.9. The van der Waals surface area contributed by atoms with E-state index in [9.17, 15) is 18.0 Å². The van der Waals surface area contributed by atoms with Crippen LogP contribution >= 0.6 is 0 Å². The molecule has 1 heterocycles. The third-order valence-corrected chi connectivity index (χ3v) is 3.89. The summed E-state index contributed by atoms with van der Waals surface area (Å²) in [7, 11) is 0. The molecule has 1 amide bonds. The number of piperidine rings is 1. The molecule has 1 aliphatic rings. The number of alkyl halides is 3. The lowest BCUT2D eigenvalue weighted by atomic mass is 9.74. The SMILES string of the molecule is CCCN(CC(F)(F)F)C(=O)C1(CCC)CCNCC1. The summed E-state index contributed by atoms with van der Waals surface area (Å²) in [5, 5.41) is 3.18. The van der Waals surface area contributed by atoms with Gasteiger partial charge in [-0.25, -0.2) is 0 Å². The zero-order valence-electron chi connectivity index (χ0n) is 12.4. The molecule has 1 saturated heterocycles. The van der Waals surface area contributed by atoms with Gasteiger partial charge in [0.05, 0.1) is 5.41 Å². The van der Waals surface area contributed by atoms with E-state index in [0.29, 0.717) is 38.8 Å². The number of carbonyl (C=O) groups excluding carboxylic acids is 1. The van der Waals surface area contributed by atoms with E-state index in [1.54, 1.807) is 6.92 Å². The Hall–Kier alpha value is -0.780. The Morgan fingerprint density at radius 3 is 2.25 bits per heavy atom. The Balaban J connectivity index is 2.88. The second-order valence-electron chi connectivity index (χ2n) is 5.62. The molecule has 1 N–H and O–H groups in total. The minimum atomic E-state index is -4.33. The van der Waals surface area contributed by atoms with Crippen LogP contribution in [0.15, 0.2) is 0 Å². The van der Waals surface area contributed by atoms with Gasteiger partial charge < -0.3 is 10.2 Å². The quantitative estimate of drug-likeness (QED) is 0.817. The van der Waals surface area contributed by atoms with Crippen molar-refractivity contribution in [3.63, 3.8) is 0 Å². The number of halogens is 3. The van der Waals surface area contributed by atoms with Crippen LogP contribution in [-0.2, 0) is 4.79 Å². The number of nitrogens with zero attached hydrogens (tertiary/aromatic N) is 1. The van der Waals surface area contributed by atoms with E-state index < -0.39 is 18.1 Å². The van der Waals surface area contributed by atoms with Gasteiger partial charge >= 0.3 is 6.18 Å². The first-order valence-corrected chi connectivity index (χ1v) is 7.41. The molecule has 0 saturated carbocycles. The Morgan fingerprint density at radius 1 is 1.20 bits per heavy atom. The molecule has 20 heavy (non-hydrogen) atoms. The second kappa shape index (κ2) is 7.29. The zero-order chi connectivity index (χ0) is 15.2. The van der Waals surface area contributed by atoms with Crippen LogP contribution < -0.4 is 5.32 Å². The number of amides is 1. The van der Waals surface area contributed by atoms with Gasteiger partial charge in [0.1, 0.15) is 6.54 Å². The molecule has 1 aliphatic heterocycles. The fourth-order valence-electron chi connectivity index (χ4n) is 3.03. The summed E-state index contributed by atoms with van der Waals surface area (Å²) in [4.78, 5) is 13.7. The van der Waals surface area contributed by atoms with E-state index in [1.165, 1.54) is 0 Å². The van der Waals surface area contributed by atoms with Gasteiger partial charge in [-0.05, 0) is 38.8 Å². The van der Waals surface area contributed by atoms with E-state index >= 15 is 0 Å². The van der Waals surface area contributed by atoms with Crippen LogP contribution in [-0.4, -0.2) is 43.2 Å². The largest absolute Gasteiger partial charge is 0.406 e. The number of hydrogen-bond donors (Lipinski definition) is 1. The lowest BCUT2D eigenvalue weighted by Gasteiger charge is -2.40. The minimum Gasteiger partial charge on any atom is -0.333 e. The molecule has 0 aromatic heterocycles. The van der Waals surface area contributed by atoms with Crippen molar-refractivity contribution in [3.05, 3.63) is 0 Å². The van der Waals surface area contributed by atoms with Crippen molar-refractivity contribution in [2.45, 2.75) is 52.1 Å². The van der Waals surface area contributed by atoms with Crippen molar-refractivity contribution in [1.29, 1.82) is 0 Å². The van der Waals surface area contributed by atoms with Crippen LogP contribution in [0.2, 0.25) is 0 Å². The molecule has 0 bridgehead atoms. The predicted octanol–water partition coefficient (Wildman–Crippen LogP) is 2.96. The van der Waals surface area contributed by atoms with Crippen LogP contribution in [0.5, 0.6) is 0 Å². The monoisotopic (exact) mass is 294 g/mol. The molecule has 3 nitrogen and oxygen atoms in total. The smallest absolute Gasteiger partial charge is 0.333 e. The van der Waals surface area contributed by atoms with Gasteiger partial charge in [0, 0.05) is 6.54 Å². The molecule has 0 unspecified atom stereocenters. The molecule has 0 aliphatic carbocycles. The summed E-state index contributed by atoms with van der Waals surface area (Å²) in [5.74, 6) is -0.306. The summed E-state index contributed by atoms with van der Waals surface area (Å²) in [5.41, 5.74) is -0.597. The predicted molar refractivity (Wildman–Crippen MR) is 72.4 cm³/mol. The number of carbonyl (C=O) groups is 1. The maximum atomic E-state index is 12.7. The summed E-state index contributed by atoms with van der Waals surface area (Å²) in [6, 6.07) is 0. The maximum Gasteiger partial charge on any atom is 0.406 e. The summed E-state index contributed by atoms with van der Waals surface area (Å²) >= 11 is 0. The summed E-state index contributed by atoms with van der Waals surface area (Å²) in [6.45, 7) is 4.24. The van der Waals surface area contributed by atoms with E-state index in [-0.39, 0.29) is 12.5 Å². The van der Waals surface area contributed by atoms with E-state index in [2.05, 4.69) is 5.32 Å². The van der Waals surface area contributed by atoms with E-state index in [4.69, 9.17) is 0 Å². The Bertz CT molecular complexity index is 307. The fraction of sp³-hybridized carbons (Fsp3) is 0.929. The molecular weight excluding hydrogens is 269 g/mol. The van der Waals surface area contributed by atoms with Gasteiger partial charge in [0.2, 0.25) is 5.91 Å². The lowest BCUT2D eigenvalue weighted by molar-refractivity contribution is -0.169. The number of rotatable bonds is 6. The van der Waals surface area contributed by atoms with Gasteiger partial charge in [0.15, 0.2) is 0 Å². The number of nitrogens with one attached hydrogen (secondary N) is 1. The van der Waals surface area contributed by atoms with Crippen molar-refractivity contribution >= 4 is 5.91 Å². The first-order valence-electron chi connectivity index (χ1n) is 7.41. The van der Waals surface area contributed by atoms with Crippen molar-refractivity contribution in [2.24, 2.45) is 5.41 Å². The van der Waals surface area contributed by atoms with Gasteiger partial charge in [-0.2, -0.15) is 13.2 Å². The maximum absolute atomic E-state index is 12.7. The highest BCUT2D eigenvalue weighted by Gasteiger charge is 2.43. The third-order valence-electron chi connectivity index (χ3n) is 3.89. The Kier molecular flexibility index (Phi) is 6.30. The topological polar surface area (TPSA) is 32.3 Å². The molecule has 0 atom stereocenters. The summed E-state index contributed by atoms with van der Waals surface area (Å²) in [6.07, 6.45) is -1.02. The molecule has 0 aromatic rings. The van der Waals surface area contributed by atoms with Crippen LogP contribution in [0.3, 0.4) is 0 Å². The summed E-state index contributed by atoms with van der Waals surface area (Å²) < 4.78 is 38.0. The van der Waals surface area contributed by atoms with Crippen molar-refractivity contribution in [1.82, 2.24) is 10.2 Å². The van der Waals surface area contributed by atoms with E-state index in [0.717, 1.165) is 11.3 Å². The molecule has 0 aromatic carbocycles. The highest BCUT2D eigenvalue weighted by Crippen LogP contribution is 2.37. The average Bonchev–Trinajstić information content (AvgIpc) is 2.37. The minimum absolute atomic E-state index is 0.178. The molecule has 118 valence electrons. The Labute approximate surface area is 118 Å². The zero-order valence-corrected chi connectivity index (χ0v) is 12.4. The van der Waals surface area contributed by atoms with Crippen LogP contribution in [0.1, 0.15) is 46.0 Å². The lowest BCUT2D eigenvalue weighted by Crippen LogP contribution is -2.51. The third kappa shape index (κ3) is 4.65. The highest BCUT2D eigenvalue weighted by molar-refractivity contribution is 5.83. The average molecular weight is 294 g/mol. The second-order valence-corrected chi connectivity index (χ2v) is 5.62. The van der Waals surface area contributed by atoms with Gasteiger partial charge in [-0.15, -0.1) is 0 Å². The first kappa shape index (κ1) is 17.3. The highest BCUT2D eigenvalue weighted by atomic mass is 19.4. The van der Waals surface area contributed by atoms with Crippen LogP contribution in [0.4, 0.5) is 13.2 Å². The van der Waals surface area contributed by atoms with Gasteiger partial charge in [-0.1, -0.05) is 20.3 Å². The molecule has 1 rings (SSSR count). The van der Waals surface area contributed by atoms with Crippen molar-refractivity contribution in [3.8, 4) is 0 Å². The molecule has 6 heteroatoms. The fourth-order valence-corrected chi connectivity index (χ4v) is 3.03. The van der Waals surface area contributed by atoms with Crippen LogP contribution in [0, 0.1) is 5.41 Å². The van der Waals surface area contributed by atoms with E-state index in [1.807, 2.05) is 6.92 Å². The van der Waals surface area contributed by atoms with Gasteiger partial charge in [0.25, 0.3) is 0 Å². The molecule has 0 spiro atoms. The van der Waals surface area contributed by atoms with Crippen LogP contribution in [0.25, 0.3) is 0 Å². The van der Waals surface area contributed by atoms with Gasteiger partial charge in [-0.3, -0.25) is 4.79 Å². The molecular formula is C14H25F3N2O. The standard InChI is InChI=1S/C14H25F3N2O/c1-3-5-13(6-8-18-9-7-13)12(20)19(10-4-2)11-14(15,16)17/h18H,3-11H2,1-2H3. The number of hydrogen-bond acceptors (Lipinski definition) is 2. The molecule has 1 fully saturated rings. The first-order chi connectivity index (χ1) is 9.34. The Morgan fingerprint density at radius 2 is 1.80 bits per heavy atom. The molecule has 0 radical (unpaired) electrons. The van der Waals surface area contributed by atoms with Crippen molar-refractivity contribution in [2.75, 3.05) is 26.2 Å².